The number of hydrogen-bond acceptors (Lipinski definition) is 3. The summed E-state index contributed by atoms with van der Waals surface area (Å²) in [6.07, 6.45) is 1.48. The maximum absolute atomic E-state index is 12.9. The molecule has 1 saturated heterocycles. The summed E-state index contributed by atoms with van der Waals surface area (Å²) in [6.45, 7) is 1.50. The van der Waals surface area contributed by atoms with E-state index in [0.29, 0.717) is 35.3 Å². The van der Waals surface area contributed by atoms with Crippen molar-refractivity contribution in [2.24, 2.45) is 0 Å². The monoisotopic (exact) mass is 401 g/mol. The Morgan fingerprint density at radius 3 is 2.63 bits per heavy atom. The molecule has 1 aliphatic rings. The molecule has 0 bridgehead atoms. The molecule has 1 atom stereocenters. The minimum Gasteiger partial charge on any atom is -0.370 e. The summed E-state index contributed by atoms with van der Waals surface area (Å²) in [5.74, 6) is -0.0143. The number of nitrogens with one attached hydrogen (secondary N) is 1. The second-order valence-electron chi connectivity index (χ2n) is 6.33. The maximum Gasteiger partial charge on any atom is 0.254 e. The molecule has 0 aliphatic carbocycles. The zero-order valence-corrected chi connectivity index (χ0v) is 15.9. The summed E-state index contributed by atoms with van der Waals surface area (Å²) in [5, 5.41) is 7.85. The van der Waals surface area contributed by atoms with E-state index in [1.807, 2.05) is 41.3 Å². The second-order valence-corrected chi connectivity index (χ2v) is 7.15. The molecule has 0 radical (unpaired) electrons. The van der Waals surface area contributed by atoms with Crippen LogP contribution in [0.4, 0.5) is 0 Å². The van der Waals surface area contributed by atoms with Crippen molar-refractivity contribution in [3.63, 3.8) is 0 Å². The first-order chi connectivity index (χ1) is 13.1. The molecule has 2 heterocycles. The van der Waals surface area contributed by atoms with Gasteiger partial charge < -0.3 is 9.64 Å². The van der Waals surface area contributed by atoms with Crippen molar-refractivity contribution >= 4 is 29.1 Å². The number of ether oxygens (including phenoxy) is 1. The SMILES string of the molecule is O=C(c1ccc(-c2ccn[nH]2)cc1)N1CCO[C@H](c2ccc(Cl)c(Cl)c2)C1. The summed E-state index contributed by atoms with van der Waals surface area (Å²) in [5.41, 5.74) is 3.46. The molecule has 138 valence electrons. The van der Waals surface area contributed by atoms with E-state index >= 15 is 0 Å². The number of nitrogens with zero attached hydrogens (tertiary/aromatic N) is 2. The molecule has 1 N–H and O–H groups in total. The number of aromatic nitrogens is 2. The van der Waals surface area contributed by atoms with Crippen LogP contribution in [0.5, 0.6) is 0 Å². The third-order valence-corrected chi connectivity index (χ3v) is 5.35. The molecular formula is C20H17Cl2N3O2. The number of rotatable bonds is 3. The van der Waals surface area contributed by atoms with E-state index < -0.39 is 0 Å². The van der Waals surface area contributed by atoms with Gasteiger partial charge in [0.15, 0.2) is 0 Å². The fraction of sp³-hybridized carbons (Fsp3) is 0.200. The summed E-state index contributed by atoms with van der Waals surface area (Å²) in [6, 6.07) is 14.8. The number of aromatic amines is 1. The van der Waals surface area contributed by atoms with Crippen molar-refractivity contribution in [2.75, 3.05) is 19.7 Å². The van der Waals surface area contributed by atoms with Gasteiger partial charge in [-0.05, 0) is 41.5 Å². The summed E-state index contributed by atoms with van der Waals surface area (Å²) in [4.78, 5) is 14.7. The van der Waals surface area contributed by atoms with Gasteiger partial charge in [0.25, 0.3) is 5.91 Å². The normalized spacial score (nSPS) is 17.1. The van der Waals surface area contributed by atoms with Crippen LogP contribution in [0.3, 0.4) is 0 Å². The van der Waals surface area contributed by atoms with Gasteiger partial charge in [-0.2, -0.15) is 5.10 Å². The van der Waals surface area contributed by atoms with Crippen LogP contribution in [0.1, 0.15) is 22.0 Å². The zero-order valence-electron chi connectivity index (χ0n) is 14.4. The molecule has 4 rings (SSSR count). The molecule has 0 spiro atoms. The third kappa shape index (κ3) is 3.86. The lowest BCUT2D eigenvalue weighted by Gasteiger charge is -2.33. The predicted molar refractivity (Wildman–Crippen MR) is 105 cm³/mol. The van der Waals surface area contributed by atoms with Crippen LogP contribution in [-0.2, 0) is 4.74 Å². The first kappa shape index (κ1) is 18.0. The minimum absolute atomic E-state index is 0.0143. The van der Waals surface area contributed by atoms with Crippen LogP contribution in [0.25, 0.3) is 11.3 Å². The average Bonchev–Trinajstić information content (AvgIpc) is 3.25. The van der Waals surface area contributed by atoms with Crippen molar-refractivity contribution in [2.45, 2.75) is 6.10 Å². The number of morpholine rings is 1. The van der Waals surface area contributed by atoms with Gasteiger partial charge in [0.1, 0.15) is 6.10 Å². The highest BCUT2D eigenvalue weighted by molar-refractivity contribution is 6.42. The van der Waals surface area contributed by atoms with E-state index in [0.717, 1.165) is 16.8 Å². The molecule has 0 saturated carbocycles. The van der Waals surface area contributed by atoms with Crippen LogP contribution >= 0.6 is 23.2 Å². The number of H-pyrrole nitrogens is 1. The molecule has 7 heteroatoms. The van der Waals surface area contributed by atoms with E-state index in [4.69, 9.17) is 27.9 Å². The van der Waals surface area contributed by atoms with Crippen LogP contribution in [-0.4, -0.2) is 40.7 Å². The Bertz CT molecular complexity index is 942. The van der Waals surface area contributed by atoms with Crippen LogP contribution in [0.2, 0.25) is 10.0 Å². The Hall–Kier alpha value is -2.34. The summed E-state index contributed by atoms with van der Waals surface area (Å²) >= 11 is 12.1. The zero-order chi connectivity index (χ0) is 18.8. The Labute approximate surface area is 166 Å². The van der Waals surface area contributed by atoms with Crippen LogP contribution < -0.4 is 0 Å². The lowest BCUT2D eigenvalue weighted by Crippen LogP contribution is -2.42. The molecule has 2 aromatic carbocycles. The Kier molecular flexibility index (Phi) is 5.16. The van der Waals surface area contributed by atoms with Gasteiger partial charge in [-0.15, -0.1) is 0 Å². The Balaban J connectivity index is 1.49. The van der Waals surface area contributed by atoms with E-state index in [1.165, 1.54) is 0 Å². The van der Waals surface area contributed by atoms with Crippen molar-refractivity contribution < 1.29 is 9.53 Å². The molecule has 27 heavy (non-hydrogen) atoms. The average molecular weight is 402 g/mol. The maximum atomic E-state index is 12.9. The standard InChI is InChI=1S/C20H17Cl2N3O2/c21-16-6-5-15(11-17(16)22)19-12-25(9-10-27-19)20(26)14-3-1-13(2-4-14)18-7-8-23-24-18/h1-8,11,19H,9-10,12H2,(H,23,24)/t19-/m0/s1. The molecule has 1 aromatic heterocycles. The molecule has 1 fully saturated rings. The van der Waals surface area contributed by atoms with Crippen molar-refractivity contribution in [1.82, 2.24) is 15.1 Å². The highest BCUT2D eigenvalue weighted by Crippen LogP contribution is 2.29. The van der Waals surface area contributed by atoms with Crippen LogP contribution in [0, 0.1) is 0 Å². The molecule has 5 nitrogen and oxygen atoms in total. The first-order valence-corrected chi connectivity index (χ1v) is 9.33. The second kappa shape index (κ2) is 7.72. The van der Waals surface area contributed by atoms with E-state index in [1.54, 1.807) is 18.3 Å². The Morgan fingerprint density at radius 1 is 1.11 bits per heavy atom. The van der Waals surface area contributed by atoms with Crippen LogP contribution in [0.15, 0.2) is 54.7 Å². The summed E-state index contributed by atoms with van der Waals surface area (Å²) < 4.78 is 5.84. The lowest BCUT2D eigenvalue weighted by atomic mass is 10.1. The first-order valence-electron chi connectivity index (χ1n) is 8.57. The lowest BCUT2D eigenvalue weighted by molar-refractivity contribution is -0.0228. The number of hydrogen-bond donors (Lipinski definition) is 1. The smallest absolute Gasteiger partial charge is 0.254 e. The number of halogens is 2. The summed E-state index contributed by atoms with van der Waals surface area (Å²) in [7, 11) is 0. The molecule has 0 unspecified atom stereocenters. The number of carbonyl (C=O) groups is 1. The fourth-order valence-electron chi connectivity index (χ4n) is 3.14. The predicted octanol–water partition coefficient (Wildman–Crippen LogP) is 4.60. The van der Waals surface area contributed by atoms with Crippen molar-refractivity contribution in [1.29, 1.82) is 0 Å². The molecule has 3 aromatic rings. The molecular weight excluding hydrogens is 385 g/mol. The van der Waals surface area contributed by atoms with Gasteiger partial charge in [0.2, 0.25) is 0 Å². The largest absolute Gasteiger partial charge is 0.370 e. The minimum atomic E-state index is -0.221. The third-order valence-electron chi connectivity index (χ3n) is 4.61. The fourth-order valence-corrected chi connectivity index (χ4v) is 3.45. The van der Waals surface area contributed by atoms with Gasteiger partial charge in [-0.1, -0.05) is 41.4 Å². The van der Waals surface area contributed by atoms with Gasteiger partial charge in [0.05, 0.1) is 28.9 Å². The van der Waals surface area contributed by atoms with Gasteiger partial charge in [-0.3, -0.25) is 9.89 Å². The van der Waals surface area contributed by atoms with Crippen molar-refractivity contribution in [3.8, 4) is 11.3 Å². The quantitative estimate of drug-likeness (QED) is 0.697. The van der Waals surface area contributed by atoms with Gasteiger partial charge in [0, 0.05) is 18.3 Å². The Morgan fingerprint density at radius 2 is 1.93 bits per heavy atom. The topological polar surface area (TPSA) is 58.2 Å². The van der Waals surface area contributed by atoms with E-state index in [9.17, 15) is 4.79 Å². The molecule has 1 amide bonds. The number of amides is 1. The highest BCUT2D eigenvalue weighted by Gasteiger charge is 2.26. The number of benzene rings is 2. The van der Waals surface area contributed by atoms with E-state index in [2.05, 4.69) is 10.2 Å². The number of carbonyl (C=O) groups excluding carboxylic acids is 1. The van der Waals surface area contributed by atoms with Crippen molar-refractivity contribution in [3.05, 3.63) is 75.9 Å². The highest BCUT2D eigenvalue weighted by atomic mass is 35.5. The van der Waals surface area contributed by atoms with Gasteiger partial charge in [-0.25, -0.2) is 0 Å². The molecule has 1 aliphatic heterocycles. The van der Waals surface area contributed by atoms with E-state index in [-0.39, 0.29) is 12.0 Å². The van der Waals surface area contributed by atoms with Gasteiger partial charge >= 0.3 is 0 Å².